The molecule has 17 heavy (non-hydrogen) atoms. The summed E-state index contributed by atoms with van der Waals surface area (Å²) < 4.78 is 0. The van der Waals surface area contributed by atoms with Crippen LogP contribution in [-0.2, 0) is 6.42 Å². The van der Waals surface area contributed by atoms with Gasteiger partial charge >= 0.3 is 0 Å². The molecule has 0 saturated heterocycles. The van der Waals surface area contributed by atoms with E-state index >= 15 is 0 Å². The van der Waals surface area contributed by atoms with Crippen LogP contribution in [0.1, 0.15) is 38.2 Å². The van der Waals surface area contributed by atoms with Crippen LogP contribution in [0.2, 0.25) is 0 Å². The fourth-order valence-electron chi connectivity index (χ4n) is 2.31. The topological polar surface area (TPSA) is 20.2 Å². The van der Waals surface area contributed by atoms with Crippen LogP contribution in [0.5, 0.6) is 5.75 Å². The molecule has 0 aliphatic heterocycles. The van der Waals surface area contributed by atoms with Crippen molar-refractivity contribution in [1.82, 2.24) is 0 Å². The zero-order valence-electron chi connectivity index (χ0n) is 10.4. The normalized spacial score (nSPS) is 10.9. The van der Waals surface area contributed by atoms with Gasteiger partial charge in [-0.1, -0.05) is 56.5 Å². The summed E-state index contributed by atoms with van der Waals surface area (Å²) in [5, 5.41) is 12.0. The highest BCUT2D eigenvalue weighted by molar-refractivity contribution is 5.90. The summed E-state index contributed by atoms with van der Waals surface area (Å²) in [5.41, 5.74) is 1.36. The molecule has 0 fully saturated rings. The molecule has 0 unspecified atom stereocenters. The fourth-order valence-corrected chi connectivity index (χ4v) is 2.31. The highest BCUT2D eigenvalue weighted by atomic mass is 16.3. The predicted molar refractivity (Wildman–Crippen MR) is 73.5 cm³/mol. The van der Waals surface area contributed by atoms with Gasteiger partial charge in [-0.3, -0.25) is 0 Å². The number of phenolic OH excluding ortho intramolecular Hbond substituents is 1. The zero-order chi connectivity index (χ0) is 12.1. The van der Waals surface area contributed by atoms with Crippen molar-refractivity contribution in [3.8, 4) is 5.75 Å². The molecule has 0 heterocycles. The number of unbranched alkanes of at least 4 members (excludes halogenated alkanes) is 3. The maximum absolute atomic E-state index is 9.81. The van der Waals surface area contributed by atoms with Crippen LogP contribution < -0.4 is 0 Å². The first-order valence-electron chi connectivity index (χ1n) is 6.52. The summed E-state index contributed by atoms with van der Waals surface area (Å²) in [6, 6.07) is 12.0. The van der Waals surface area contributed by atoms with Crippen molar-refractivity contribution in [2.24, 2.45) is 0 Å². The van der Waals surface area contributed by atoms with Gasteiger partial charge in [0.15, 0.2) is 0 Å². The largest absolute Gasteiger partial charge is 0.507 e. The Morgan fingerprint density at radius 2 is 1.65 bits per heavy atom. The van der Waals surface area contributed by atoms with E-state index in [0.717, 1.165) is 11.8 Å². The van der Waals surface area contributed by atoms with E-state index < -0.39 is 0 Å². The Bertz CT molecular complexity index is 488. The highest BCUT2D eigenvalue weighted by Gasteiger charge is 2.04. The lowest BCUT2D eigenvalue weighted by Crippen LogP contribution is -1.88. The molecule has 90 valence electrons. The second-order valence-electron chi connectivity index (χ2n) is 4.60. The molecule has 1 heteroatoms. The van der Waals surface area contributed by atoms with Crippen LogP contribution in [-0.4, -0.2) is 5.11 Å². The van der Waals surface area contributed by atoms with Gasteiger partial charge in [-0.05, 0) is 29.9 Å². The number of phenols is 1. The van der Waals surface area contributed by atoms with Crippen molar-refractivity contribution < 1.29 is 5.11 Å². The van der Waals surface area contributed by atoms with E-state index in [9.17, 15) is 5.11 Å². The van der Waals surface area contributed by atoms with Gasteiger partial charge in [0.25, 0.3) is 0 Å². The molecule has 0 spiro atoms. The molecule has 0 amide bonds. The molecule has 2 aromatic rings. The highest BCUT2D eigenvalue weighted by Crippen LogP contribution is 2.28. The second kappa shape index (κ2) is 5.72. The lowest BCUT2D eigenvalue weighted by atomic mass is 9.99. The lowest BCUT2D eigenvalue weighted by Gasteiger charge is -2.07. The molecule has 1 nitrogen and oxygen atoms in total. The first-order valence-corrected chi connectivity index (χ1v) is 6.52. The van der Waals surface area contributed by atoms with Crippen molar-refractivity contribution in [3.05, 3.63) is 42.0 Å². The van der Waals surface area contributed by atoms with Gasteiger partial charge in [0.05, 0.1) is 0 Å². The van der Waals surface area contributed by atoms with Crippen LogP contribution >= 0.6 is 0 Å². The third kappa shape index (κ3) is 2.79. The average molecular weight is 228 g/mol. The Labute approximate surface area is 103 Å². The number of hydrogen-bond donors (Lipinski definition) is 1. The van der Waals surface area contributed by atoms with E-state index in [2.05, 4.69) is 19.1 Å². The summed E-state index contributed by atoms with van der Waals surface area (Å²) in [4.78, 5) is 0. The van der Waals surface area contributed by atoms with Gasteiger partial charge in [0, 0.05) is 5.39 Å². The number of fused-ring (bicyclic) bond motifs is 1. The van der Waals surface area contributed by atoms with E-state index in [1.165, 1.54) is 36.6 Å². The molecule has 0 aliphatic carbocycles. The third-order valence-electron chi connectivity index (χ3n) is 3.29. The van der Waals surface area contributed by atoms with Crippen LogP contribution in [0.25, 0.3) is 10.8 Å². The van der Waals surface area contributed by atoms with Crippen LogP contribution in [0.4, 0.5) is 0 Å². The maximum Gasteiger partial charge on any atom is 0.123 e. The number of aromatic hydroxyl groups is 1. The van der Waals surface area contributed by atoms with Gasteiger partial charge in [-0.2, -0.15) is 0 Å². The molecule has 0 saturated carbocycles. The minimum Gasteiger partial charge on any atom is -0.507 e. The lowest BCUT2D eigenvalue weighted by molar-refractivity contribution is 0.481. The van der Waals surface area contributed by atoms with Gasteiger partial charge < -0.3 is 5.11 Å². The molecule has 0 atom stereocenters. The second-order valence-corrected chi connectivity index (χ2v) is 4.60. The summed E-state index contributed by atoms with van der Waals surface area (Å²) in [6.45, 7) is 2.23. The summed E-state index contributed by atoms with van der Waals surface area (Å²) in [6.07, 6.45) is 6.24. The van der Waals surface area contributed by atoms with Crippen LogP contribution in [0, 0.1) is 0 Å². The van der Waals surface area contributed by atoms with Crippen LogP contribution in [0.15, 0.2) is 36.4 Å². The molecule has 0 aromatic heterocycles. The van der Waals surface area contributed by atoms with Crippen molar-refractivity contribution in [2.75, 3.05) is 0 Å². The SMILES string of the molecule is CCCCCCc1ccc(O)c2ccccc12. The van der Waals surface area contributed by atoms with Gasteiger partial charge in [0.2, 0.25) is 0 Å². The Hall–Kier alpha value is -1.50. The van der Waals surface area contributed by atoms with E-state index in [0.29, 0.717) is 5.75 Å². The quantitative estimate of drug-likeness (QED) is 0.737. The Morgan fingerprint density at radius 3 is 2.41 bits per heavy atom. The third-order valence-corrected chi connectivity index (χ3v) is 3.29. The number of aryl methyl sites for hydroxylation is 1. The molecule has 0 radical (unpaired) electrons. The summed E-state index contributed by atoms with van der Waals surface area (Å²) in [5.74, 6) is 0.387. The van der Waals surface area contributed by atoms with Crippen molar-refractivity contribution >= 4 is 10.8 Å². The standard InChI is InChI=1S/C16H20O/c1-2-3-4-5-8-13-11-12-16(17)15-10-7-6-9-14(13)15/h6-7,9-12,17H,2-5,8H2,1H3. The van der Waals surface area contributed by atoms with Gasteiger partial charge in [-0.25, -0.2) is 0 Å². The maximum atomic E-state index is 9.81. The minimum atomic E-state index is 0.387. The Balaban J connectivity index is 2.20. The zero-order valence-corrected chi connectivity index (χ0v) is 10.4. The average Bonchev–Trinajstić information content (AvgIpc) is 2.37. The molecule has 2 rings (SSSR count). The molecular weight excluding hydrogens is 208 g/mol. The fraction of sp³-hybridized carbons (Fsp3) is 0.375. The Morgan fingerprint density at radius 1 is 0.882 bits per heavy atom. The minimum absolute atomic E-state index is 0.387. The van der Waals surface area contributed by atoms with E-state index in [1.807, 2.05) is 24.3 Å². The Kier molecular flexibility index (Phi) is 4.03. The first-order chi connectivity index (χ1) is 8.33. The summed E-state index contributed by atoms with van der Waals surface area (Å²) >= 11 is 0. The van der Waals surface area contributed by atoms with Gasteiger partial charge in [0.1, 0.15) is 5.75 Å². The van der Waals surface area contributed by atoms with Crippen molar-refractivity contribution in [1.29, 1.82) is 0 Å². The smallest absolute Gasteiger partial charge is 0.123 e. The molecular formula is C16H20O. The van der Waals surface area contributed by atoms with Crippen LogP contribution in [0.3, 0.4) is 0 Å². The van der Waals surface area contributed by atoms with E-state index in [1.54, 1.807) is 0 Å². The van der Waals surface area contributed by atoms with E-state index in [4.69, 9.17) is 0 Å². The molecule has 0 bridgehead atoms. The van der Waals surface area contributed by atoms with E-state index in [-0.39, 0.29) is 0 Å². The van der Waals surface area contributed by atoms with Crippen molar-refractivity contribution in [2.45, 2.75) is 39.0 Å². The van der Waals surface area contributed by atoms with Crippen molar-refractivity contribution in [3.63, 3.8) is 0 Å². The number of hydrogen-bond acceptors (Lipinski definition) is 1. The number of benzene rings is 2. The van der Waals surface area contributed by atoms with Gasteiger partial charge in [-0.15, -0.1) is 0 Å². The summed E-state index contributed by atoms with van der Waals surface area (Å²) in [7, 11) is 0. The predicted octanol–water partition coefficient (Wildman–Crippen LogP) is 4.67. The molecule has 2 aromatic carbocycles. The molecule has 1 N–H and O–H groups in total. The first kappa shape index (κ1) is 12.0. The number of rotatable bonds is 5. The monoisotopic (exact) mass is 228 g/mol. The molecule has 0 aliphatic rings.